The average molecular weight is 475 g/mol. The third-order valence-corrected chi connectivity index (χ3v) is 1.82. The molecule has 0 amide bonds. The fourth-order valence-electron chi connectivity index (χ4n) is 1.03. The van der Waals surface area contributed by atoms with Gasteiger partial charge in [0, 0.05) is 0 Å². The van der Waals surface area contributed by atoms with Crippen molar-refractivity contribution in [2.24, 2.45) is 0 Å². The first-order valence-corrected chi connectivity index (χ1v) is 5.73. The van der Waals surface area contributed by atoms with Crippen LogP contribution in [0.15, 0.2) is 91.0 Å². The molecule has 0 aliphatic carbocycles. The summed E-state index contributed by atoms with van der Waals surface area (Å²) in [6, 6.07) is 37.5. The number of hydrogen-bond acceptors (Lipinski definition) is 0. The van der Waals surface area contributed by atoms with Gasteiger partial charge in [0.25, 0.3) is 0 Å². The fraction of sp³-hybridized carbons (Fsp3) is 0. The van der Waals surface area contributed by atoms with Crippen molar-refractivity contribution < 1.29 is 56.7 Å². The van der Waals surface area contributed by atoms with Crippen molar-refractivity contribution in [1.82, 2.24) is 0 Å². The van der Waals surface area contributed by atoms with Crippen molar-refractivity contribution in [3.05, 3.63) is 109 Å². The molecule has 0 aliphatic rings. The summed E-state index contributed by atoms with van der Waals surface area (Å²) in [5, 5.41) is 0. The van der Waals surface area contributed by atoms with Crippen LogP contribution in [0.1, 0.15) is 0 Å². The molecule has 3 aromatic carbocycles. The first-order chi connectivity index (χ1) is 9.00. The Labute approximate surface area is 175 Å². The van der Waals surface area contributed by atoms with Crippen LogP contribution in [0.3, 0.4) is 0 Å². The first-order valence-electron chi connectivity index (χ1n) is 5.73. The van der Waals surface area contributed by atoms with E-state index in [0.717, 1.165) is 0 Å². The average Bonchev–Trinajstić information content (AvgIpc) is 2.54. The third kappa shape index (κ3) is 26.8. The molecular weight excluding hydrogens is 456 g/mol. The van der Waals surface area contributed by atoms with E-state index < -0.39 is 0 Å². The summed E-state index contributed by atoms with van der Waals surface area (Å²) in [4.78, 5) is 0. The molecule has 0 aliphatic heterocycles. The Morgan fingerprint density at radius 2 is 0.522 bits per heavy atom. The van der Waals surface area contributed by atoms with Crippen LogP contribution in [0, 0.1) is 18.2 Å². The Morgan fingerprint density at radius 1 is 0.348 bits per heavy atom. The van der Waals surface area contributed by atoms with E-state index in [1.165, 1.54) is 0 Å². The van der Waals surface area contributed by atoms with Gasteiger partial charge in [0.15, 0.2) is 0 Å². The molecule has 0 fully saturated rings. The number of hydrogen-bond donors (Lipinski definition) is 0. The van der Waals surface area contributed by atoms with Crippen LogP contribution in [0.2, 0.25) is 0 Å². The minimum absolute atomic E-state index is 0. The standard InChI is InChI=1S/3C6H5.3ClH.H3P.Rh/c3*1-2-4-6-5-3-1;;;;;/h3*1-5H;3*1H;1H3;/q3*-1;;;;;+3/p-3. The molecule has 1 unspecified atom stereocenters. The SMILES string of the molecule is P.[Cl-].[Cl-].[Cl-].[Rh+3].[c-]1ccccc1.[c-]1ccccc1.[c-]1ccccc1. The molecule has 0 spiro atoms. The van der Waals surface area contributed by atoms with Crippen LogP contribution in [0.4, 0.5) is 0 Å². The zero-order valence-corrected chi connectivity index (χ0v) is 17.7. The van der Waals surface area contributed by atoms with Gasteiger partial charge in [0.1, 0.15) is 0 Å². The van der Waals surface area contributed by atoms with Gasteiger partial charge >= 0.3 is 19.5 Å². The zero-order valence-electron chi connectivity index (χ0n) is 12.3. The van der Waals surface area contributed by atoms with E-state index in [1.807, 2.05) is 91.0 Å². The summed E-state index contributed by atoms with van der Waals surface area (Å²) in [7, 11) is 0. The largest absolute Gasteiger partial charge is 3.00 e. The van der Waals surface area contributed by atoms with Crippen LogP contribution in [0.5, 0.6) is 0 Å². The van der Waals surface area contributed by atoms with Gasteiger partial charge in [-0.25, -0.2) is 0 Å². The number of rotatable bonds is 0. The van der Waals surface area contributed by atoms with Crippen LogP contribution >= 0.6 is 9.90 Å². The molecule has 1 atom stereocenters. The monoisotopic (exact) mass is 473 g/mol. The molecule has 0 saturated carbocycles. The Bertz CT molecular complexity index is 315. The van der Waals surface area contributed by atoms with Gasteiger partial charge in [-0.2, -0.15) is 119 Å². The molecule has 0 heterocycles. The van der Waals surface area contributed by atoms with Crippen LogP contribution in [-0.4, -0.2) is 0 Å². The van der Waals surface area contributed by atoms with Crippen molar-refractivity contribution in [2.75, 3.05) is 0 Å². The van der Waals surface area contributed by atoms with E-state index in [2.05, 4.69) is 18.2 Å². The predicted molar refractivity (Wildman–Crippen MR) is 86.9 cm³/mol. The summed E-state index contributed by atoms with van der Waals surface area (Å²) in [6.07, 6.45) is 0. The summed E-state index contributed by atoms with van der Waals surface area (Å²) in [5.74, 6) is 0. The maximum Gasteiger partial charge on any atom is 3.00 e. The van der Waals surface area contributed by atoms with Crippen molar-refractivity contribution >= 4 is 9.90 Å². The molecule has 128 valence electrons. The zero-order chi connectivity index (χ0) is 12.7. The second kappa shape index (κ2) is 29.6. The molecule has 0 radical (unpaired) electrons. The molecule has 3 aromatic rings. The molecule has 0 saturated heterocycles. The van der Waals surface area contributed by atoms with Gasteiger partial charge in [-0.15, -0.1) is 0 Å². The van der Waals surface area contributed by atoms with Crippen LogP contribution in [-0.2, 0) is 19.5 Å². The summed E-state index contributed by atoms with van der Waals surface area (Å²) >= 11 is 0. The van der Waals surface area contributed by atoms with E-state index >= 15 is 0 Å². The molecular formula is C18H18Cl3PRh-3. The number of halogens is 3. The van der Waals surface area contributed by atoms with Crippen molar-refractivity contribution in [3.8, 4) is 0 Å². The summed E-state index contributed by atoms with van der Waals surface area (Å²) in [6.45, 7) is 0. The second-order valence-electron chi connectivity index (χ2n) is 3.23. The third-order valence-electron chi connectivity index (χ3n) is 1.82. The molecule has 0 N–H and O–H groups in total. The summed E-state index contributed by atoms with van der Waals surface area (Å²) in [5.41, 5.74) is 0. The van der Waals surface area contributed by atoms with E-state index in [1.54, 1.807) is 0 Å². The van der Waals surface area contributed by atoms with Crippen LogP contribution in [0.25, 0.3) is 0 Å². The smallest absolute Gasteiger partial charge is 1.00 e. The van der Waals surface area contributed by atoms with Gasteiger partial charge in [0.05, 0.1) is 0 Å². The van der Waals surface area contributed by atoms with E-state index in [0.29, 0.717) is 0 Å². The van der Waals surface area contributed by atoms with Crippen molar-refractivity contribution in [1.29, 1.82) is 0 Å². The maximum absolute atomic E-state index is 2.89. The van der Waals surface area contributed by atoms with Crippen molar-refractivity contribution in [3.63, 3.8) is 0 Å². The molecule has 23 heavy (non-hydrogen) atoms. The van der Waals surface area contributed by atoms with Crippen LogP contribution < -0.4 is 37.2 Å². The van der Waals surface area contributed by atoms with Gasteiger partial charge in [-0.05, 0) is 0 Å². The predicted octanol–water partition coefficient (Wildman–Crippen LogP) is -4.47. The maximum atomic E-state index is 2.89. The molecule has 0 bridgehead atoms. The Balaban J connectivity index is -0.0000000635. The minimum atomic E-state index is 0. The van der Waals surface area contributed by atoms with Gasteiger partial charge in [-0.1, -0.05) is 0 Å². The number of benzene rings is 3. The normalized spacial score (nSPS) is 6.26. The molecule has 3 rings (SSSR count). The van der Waals surface area contributed by atoms with E-state index in [-0.39, 0.29) is 66.6 Å². The van der Waals surface area contributed by atoms with Crippen molar-refractivity contribution in [2.45, 2.75) is 0 Å². The first kappa shape index (κ1) is 34.0. The fourth-order valence-corrected chi connectivity index (χ4v) is 1.03. The molecule has 0 aromatic heterocycles. The Morgan fingerprint density at radius 3 is 0.565 bits per heavy atom. The summed E-state index contributed by atoms with van der Waals surface area (Å²) < 4.78 is 0. The van der Waals surface area contributed by atoms with E-state index in [4.69, 9.17) is 0 Å². The second-order valence-corrected chi connectivity index (χ2v) is 3.23. The van der Waals surface area contributed by atoms with E-state index in [9.17, 15) is 0 Å². The minimum Gasteiger partial charge on any atom is -1.00 e. The van der Waals surface area contributed by atoms with Gasteiger partial charge in [0.2, 0.25) is 0 Å². The molecule has 5 heteroatoms. The molecule has 0 nitrogen and oxygen atoms in total. The van der Waals surface area contributed by atoms with Gasteiger partial charge in [-0.3, -0.25) is 0 Å². The Hall–Kier alpha value is -0.417. The van der Waals surface area contributed by atoms with Gasteiger partial charge < -0.3 is 37.2 Å². The topological polar surface area (TPSA) is 0 Å². The quantitative estimate of drug-likeness (QED) is 0.175. The Kier molecular flexibility index (Phi) is 43.8.